The van der Waals surface area contributed by atoms with Crippen molar-refractivity contribution in [2.45, 2.75) is 38.3 Å². The smallest absolute Gasteiger partial charge is 0.416 e. The van der Waals surface area contributed by atoms with Gasteiger partial charge >= 0.3 is 12.1 Å². The molecule has 2 aromatic rings. The van der Waals surface area contributed by atoms with Gasteiger partial charge in [-0.2, -0.15) is 0 Å². The topological polar surface area (TPSA) is 85.4 Å². The first-order chi connectivity index (χ1) is 16.3. The molecule has 3 rings (SSSR count). The Morgan fingerprint density at radius 2 is 1.79 bits per heavy atom. The second-order valence-electron chi connectivity index (χ2n) is 8.26. The number of nitrogens with zero attached hydrogens (tertiary/aromatic N) is 2. The summed E-state index contributed by atoms with van der Waals surface area (Å²) in [6, 6.07) is 13.9. The van der Waals surface area contributed by atoms with Gasteiger partial charge in [0.2, 0.25) is 5.91 Å². The summed E-state index contributed by atoms with van der Waals surface area (Å²) in [6.45, 7) is 2.80. The summed E-state index contributed by atoms with van der Waals surface area (Å²) >= 11 is 5.99. The molecule has 1 unspecified atom stereocenters. The Hall–Kier alpha value is -3.26. The molecule has 0 radical (unpaired) electrons. The fourth-order valence-electron chi connectivity index (χ4n) is 3.81. The molecule has 34 heavy (non-hydrogen) atoms. The Kier molecular flexibility index (Phi) is 8.39. The third kappa shape index (κ3) is 5.99. The lowest BCUT2D eigenvalue weighted by molar-refractivity contribution is -0.151. The van der Waals surface area contributed by atoms with Crippen molar-refractivity contribution in [1.29, 1.82) is 0 Å². The number of esters is 1. The van der Waals surface area contributed by atoms with Gasteiger partial charge in [-0.15, -0.1) is 0 Å². The van der Waals surface area contributed by atoms with E-state index in [2.05, 4.69) is 0 Å². The molecule has 2 amide bonds. The monoisotopic (exact) mass is 488 g/mol. The number of benzene rings is 2. The van der Waals surface area contributed by atoms with Crippen LogP contribution in [0.15, 0.2) is 48.5 Å². The van der Waals surface area contributed by atoms with Crippen molar-refractivity contribution in [3.8, 4) is 11.5 Å². The van der Waals surface area contributed by atoms with Crippen molar-refractivity contribution in [2.24, 2.45) is 0 Å². The summed E-state index contributed by atoms with van der Waals surface area (Å²) in [5.41, 5.74) is -0.155. The highest BCUT2D eigenvalue weighted by Crippen LogP contribution is 2.34. The number of ether oxygens (including phenoxy) is 3. The van der Waals surface area contributed by atoms with Crippen LogP contribution in [0.3, 0.4) is 0 Å². The second kappa shape index (κ2) is 11.2. The lowest BCUT2D eigenvalue weighted by Gasteiger charge is -2.49. The maximum atomic E-state index is 13.6. The highest BCUT2D eigenvalue weighted by atomic mass is 35.5. The van der Waals surface area contributed by atoms with Crippen LogP contribution < -0.4 is 9.47 Å². The first kappa shape index (κ1) is 25.4. The van der Waals surface area contributed by atoms with Gasteiger partial charge in [0.05, 0.1) is 14.2 Å². The van der Waals surface area contributed by atoms with E-state index >= 15 is 0 Å². The molecule has 1 heterocycles. The fraction of sp³-hybridized carbons (Fsp3) is 0.400. The predicted molar refractivity (Wildman–Crippen MR) is 127 cm³/mol. The zero-order valence-corrected chi connectivity index (χ0v) is 20.3. The summed E-state index contributed by atoms with van der Waals surface area (Å²) in [5.74, 6) is 0.355. The molecule has 1 aliphatic rings. The molecule has 1 aliphatic heterocycles. The summed E-state index contributed by atoms with van der Waals surface area (Å²) in [5, 5.41) is 0.602. The van der Waals surface area contributed by atoms with E-state index in [9.17, 15) is 14.4 Å². The van der Waals surface area contributed by atoms with E-state index < -0.39 is 11.6 Å². The molecule has 0 spiro atoms. The van der Waals surface area contributed by atoms with Crippen LogP contribution in [-0.2, 0) is 20.9 Å². The van der Waals surface area contributed by atoms with Crippen molar-refractivity contribution in [3.63, 3.8) is 0 Å². The molecular formula is C25H29ClN2O6. The van der Waals surface area contributed by atoms with Crippen LogP contribution in [0.1, 0.15) is 31.7 Å². The second-order valence-corrected chi connectivity index (χ2v) is 8.69. The minimum Gasteiger partial charge on any atom is -0.497 e. The molecule has 8 nitrogen and oxygen atoms in total. The van der Waals surface area contributed by atoms with Crippen LogP contribution in [0.2, 0.25) is 5.02 Å². The average Bonchev–Trinajstić information content (AvgIpc) is 2.82. The first-order valence-corrected chi connectivity index (χ1v) is 11.4. The number of methoxy groups -OCH3 is 2. The van der Waals surface area contributed by atoms with Gasteiger partial charge in [-0.25, -0.2) is 4.79 Å². The number of rotatable bonds is 9. The third-order valence-electron chi connectivity index (χ3n) is 5.96. The molecule has 9 heteroatoms. The molecule has 1 atom stereocenters. The minimum absolute atomic E-state index is 0.194. The Morgan fingerprint density at radius 3 is 2.41 bits per heavy atom. The highest BCUT2D eigenvalue weighted by Gasteiger charge is 2.52. The Labute approximate surface area is 204 Å². The van der Waals surface area contributed by atoms with Gasteiger partial charge in [-0.3, -0.25) is 14.5 Å². The number of likely N-dealkylation sites (tertiary alicyclic amines) is 1. The van der Waals surface area contributed by atoms with Gasteiger partial charge in [0.25, 0.3) is 0 Å². The van der Waals surface area contributed by atoms with Crippen LogP contribution in [0.25, 0.3) is 0 Å². The van der Waals surface area contributed by atoms with Gasteiger partial charge in [0, 0.05) is 37.1 Å². The number of amides is 2. The summed E-state index contributed by atoms with van der Waals surface area (Å²) in [4.78, 5) is 41.2. The molecule has 182 valence electrons. The highest BCUT2D eigenvalue weighted by molar-refractivity contribution is 6.30. The third-order valence-corrected chi connectivity index (χ3v) is 6.21. The van der Waals surface area contributed by atoms with Crippen LogP contribution in [-0.4, -0.2) is 60.6 Å². The SMILES string of the molecule is COC(=O)CCCN(Cc1ccc(Cl)cc1)C(=O)C1(C)CCN1C(=O)Oc1cccc(OC)c1. The van der Waals surface area contributed by atoms with E-state index in [1.807, 2.05) is 12.1 Å². The number of hydrogen-bond donors (Lipinski definition) is 0. The van der Waals surface area contributed by atoms with Crippen LogP contribution >= 0.6 is 11.6 Å². The molecule has 1 fully saturated rings. The normalized spacial score (nSPS) is 16.9. The van der Waals surface area contributed by atoms with E-state index in [-0.39, 0.29) is 18.3 Å². The number of hydrogen-bond acceptors (Lipinski definition) is 6. The first-order valence-electron chi connectivity index (χ1n) is 11.0. The quantitative estimate of drug-likeness (QED) is 0.489. The molecule has 0 aromatic heterocycles. The summed E-state index contributed by atoms with van der Waals surface area (Å²) in [6.07, 6.45) is 0.541. The van der Waals surface area contributed by atoms with Crippen LogP contribution in [0.4, 0.5) is 4.79 Å². The molecule has 0 N–H and O–H groups in total. The average molecular weight is 489 g/mol. The van der Waals surface area contributed by atoms with Gasteiger partial charge in [-0.05, 0) is 49.6 Å². The molecule has 1 saturated heterocycles. The van der Waals surface area contributed by atoms with Gasteiger partial charge < -0.3 is 19.1 Å². The predicted octanol–water partition coefficient (Wildman–Crippen LogP) is 4.29. The molecular weight excluding hydrogens is 460 g/mol. The largest absolute Gasteiger partial charge is 0.497 e. The standard InChI is InChI=1S/C25H29ClN2O6/c1-25(13-15-28(25)24(31)34-21-7-4-6-20(16-21)32-2)23(30)27(14-5-8-22(29)33-3)17-18-9-11-19(26)12-10-18/h4,6-7,9-12,16H,5,8,13-15,17H2,1-3H3. The van der Waals surface area contributed by atoms with E-state index in [0.717, 1.165) is 5.56 Å². The van der Waals surface area contributed by atoms with Gasteiger partial charge in [-0.1, -0.05) is 29.8 Å². The summed E-state index contributed by atoms with van der Waals surface area (Å²) in [7, 11) is 2.86. The van der Waals surface area contributed by atoms with Crippen LogP contribution in [0, 0.1) is 0 Å². The van der Waals surface area contributed by atoms with E-state index in [1.54, 1.807) is 48.2 Å². The van der Waals surface area contributed by atoms with E-state index in [1.165, 1.54) is 19.1 Å². The zero-order chi connectivity index (χ0) is 24.7. The Balaban J connectivity index is 1.73. The molecule has 2 aromatic carbocycles. The van der Waals surface area contributed by atoms with Crippen LogP contribution in [0.5, 0.6) is 11.5 Å². The number of carbonyl (C=O) groups is 3. The minimum atomic E-state index is -1.05. The van der Waals surface area contributed by atoms with Crippen molar-refractivity contribution < 1.29 is 28.6 Å². The Bertz CT molecular complexity index is 1030. The molecule has 0 saturated carbocycles. The maximum Gasteiger partial charge on any atom is 0.416 e. The van der Waals surface area contributed by atoms with Crippen molar-refractivity contribution in [2.75, 3.05) is 27.3 Å². The van der Waals surface area contributed by atoms with Gasteiger partial charge in [0.15, 0.2) is 0 Å². The van der Waals surface area contributed by atoms with Crippen molar-refractivity contribution >= 4 is 29.6 Å². The number of carbonyl (C=O) groups excluding carboxylic acids is 3. The van der Waals surface area contributed by atoms with Crippen molar-refractivity contribution in [3.05, 3.63) is 59.1 Å². The Morgan fingerprint density at radius 1 is 1.09 bits per heavy atom. The maximum absolute atomic E-state index is 13.6. The number of halogens is 1. The fourth-order valence-corrected chi connectivity index (χ4v) is 3.94. The van der Waals surface area contributed by atoms with Gasteiger partial charge in [0.1, 0.15) is 17.0 Å². The van der Waals surface area contributed by atoms with E-state index in [0.29, 0.717) is 49.0 Å². The summed E-state index contributed by atoms with van der Waals surface area (Å²) < 4.78 is 15.4. The van der Waals surface area contributed by atoms with Crippen molar-refractivity contribution in [1.82, 2.24) is 9.80 Å². The molecule has 0 aliphatic carbocycles. The van der Waals surface area contributed by atoms with E-state index in [4.69, 9.17) is 25.8 Å². The zero-order valence-electron chi connectivity index (χ0n) is 19.6. The lowest BCUT2D eigenvalue weighted by Crippen LogP contribution is -2.68. The lowest BCUT2D eigenvalue weighted by atomic mass is 9.85. The molecule has 0 bridgehead atoms.